The van der Waals surface area contributed by atoms with E-state index in [4.69, 9.17) is 18.9 Å². The summed E-state index contributed by atoms with van der Waals surface area (Å²) >= 11 is 0. The van der Waals surface area contributed by atoms with Crippen molar-refractivity contribution >= 4 is 17.8 Å². The van der Waals surface area contributed by atoms with Gasteiger partial charge in [0.1, 0.15) is 0 Å². The van der Waals surface area contributed by atoms with Crippen LogP contribution in [0.25, 0.3) is 0 Å². The van der Waals surface area contributed by atoms with Crippen LogP contribution in [0.5, 0.6) is 0 Å². The van der Waals surface area contributed by atoms with E-state index >= 15 is 0 Å². The maximum atomic E-state index is 11.9. The number of carbonyl (C=O) groups is 3. The number of amides is 1. The van der Waals surface area contributed by atoms with Crippen molar-refractivity contribution in [2.24, 2.45) is 0 Å². The Labute approximate surface area is 116 Å². The van der Waals surface area contributed by atoms with Crippen LogP contribution in [-0.4, -0.2) is 63.0 Å². The zero-order valence-corrected chi connectivity index (χ0v) is 11.5. The van der Waals surface area contributed by atoms with Crippen LogP contribution in [0, 0.1) is 0 Å². The predicted molar refractivity (Wildman–Crippen MR) is 65.8 cm³/mol. The molecule has 1 fully saturated rings. The summed E-state index contributed by atoms with van der Waals surface area (Å²) in [6, 6.07) is -1.49. The van der Waals surface area contributed by atoms with Crippen LogP contribution in [0.15, 0.2) is 0 Å². The highest BCUT2D eigenvalue weighted by Crippen LogP contribution is 2.03. The Morgan fingerprint density at radius 1 is 1.15 bits per heavy atom. The zero-order chi connectivity index (χ0) is 15.0. The number of hydrogen-bond acceptors (Lipinski definition) is 7. The molecule has 0 aromatic rings. The van der Waals surface area contributed by atoms with Crippen LogP contribution in [0.4, 0.5) is 0 Å². The second-order valence-corrected chi connectivity index (χ2v) is 3.88. The first kappa shape index (κ1) is 16.4. The Kier molecular flexibility index (Phi) is 6.96. The molecule has 1 aliphatic rings. The lowest BCUT2D eigenvalue weighted by molar-refractivity contribution is -0.163. The fraction of sp³-hybridized carbons (Fsp3) is 0.750. The third-order valence-electron chi connectivity index (χ3n) is 2.44. The molecule has 1 heterocycles. The van der Waals surface area contributed by atoms with Crippen molar-refractivity contribution in [3.63, 3.8) is 0 Å². The van der Waals surface area contributed by atoms with Gasteiger partial charge in [-0.2, -0.15) is 0 Å². The highest BCUT2D eigenvalue weighted by molar-refractivity contribution is 6.02. The Balaban J connectivity index is 2.64. The van der Waals surface area contributed by atoms with Crippen LogP contribution >= 0.6 is 0 Å². The van der Waals surface area contributed by atoms with Crippen LogP contribution in [0.1, 0.15) is 13.8 Å². The van der Waals surface area contributed by atoms with Gasteiger partial charge in [-0.05, 0) is 13.8 Å². The second-order valence-electron chi connectivity index (χ2n) is 3.88. The number of nitrogens with one attached hydrogen (secondary N) is 1. The van der Waals surface area contributed by atoms with Gasteiger partial charge < -0.3 is 24.3 Å². The quantitative estimate of drug-likeness (QED) is 0.495. The summed E-state index contributed by atoms with van der Waals surface area (Å²) in [7, 11) is 0. The highest BCUT2D eigenvalue weighted by atomic mass is 16.6. The summed E-state index contributed by atoms with van der Waals surface area (Å²) in [6.07, 6.45) is -0.852. The minimum Gasteiger partial charge on any atom is -0.464 e. The summed E-state index contributed by atoms with van der Waals surface area (Å²) < 4.78 is 19.7. The van der Waals surface area contributed by atoms with E-state index in [0.717, 1.165) is 0 Å². The molecule has 0 aromatic heterocycles. The van der Waals surface area contributed by atoms with Crippen molar-refractivity contribution in [2.45, 2.75) is 26.0 Å². The maximum Gasteiger partial charge on any atom is 0.340 e. The van der Waals surface area contributed by atoms with Crippen molar-refractivity contribution in [2.75, 3.05) is 33.0 Å². The number of hydrogen-bond donors (Lipinski definition) is 1. The molecule has 0 bridgehead atoms. The third kappa shape index (κ3) is 4.78. The van der Waals surface area contributed by atoms with E-state index in [1.54, 1.807) is 13.8 Å². The maximum absolute atomic E-state index is 11.9. The molecular formula is C12H19NO7. The van der Waals surface area contributed by atoms with Crippen molar-refractivity contribution in [1.29, 1.82) is 0 Å². The average molecular weight is 289 g/mol. The summed E-state index contributed by atoms with van der Waals surface area (Å²) in [6.45, 7) is 4.13. The lowest BCUT2D eigenvalue weighted by Crippen LogP contribution is -2.53. The van der Waals surface area contributed by atoms with Crippen LogP contribution in [0.2, 0.25) is 0 Å². The Hall–Kier alpha value is -1.67. The molecule has 0 aliphatic carbocycles. The van der Waals surface area contributed by atoms with Gasteiger partial charge in [0.2, 0.25) is 6.04 Å². The minimum absolute atomic E-state index is 0.0736. The molecule has 1 amide bonds. The Bertz CT molecular complexity index is 334. The molecule has 0 aromatic carbocycles. The summed E-state index contributed by atoms with van der Waals surface area (Å²) in [5.41, 5.74) is 0. The van der Waals surface area contributed by atoms with Gasteiger partial charge in [-0.15, -0.1) is 0 Å². The topological polar surface area (TPSA) is 100 Å². The van der Waals surface area contributed by atoms with E-state index in [1.807, 2.05) is 0 Å². The molecule has 0 saturated carbocycles. The number of carbonyl (C=O) groups excluding carboxylic acids is 3. The fourth-order valence-corrected chi connectivity index (χ4v) is 1.54. The number of esters is 2. The van der Waals surface area contributed by atoms with E-state index in [0.29, 0.717) is 6.61 Å². The smallest absolute Gasteiger partial charge is 0.340 e. The van der Waals surface area contributed by atoms with Crippen molar-refractivity contribution in [3.05, 3.63) is 0 Å². The first-order valence-corrected chi connectivity index (χ1v) is 6.43. The first-order valence-electron chi connectivity index (χ1n) is 6.43. The predicted octanol–water partition coefficient (Wildman–Crippen LogP) is -0.987. The van der Waals surface area contributed by atoms with Gasteiger partial charge in [0, 0.05) is 0 Å². The molecule has 1 N–H and O–H groups in total. The molecule has 0 spiro atoms. The minimum atomic E-state index is -1.49. The highest BCUT2D eigenvalue weighted by Gasteiger charge is 2.34. The molecule has 1 rings (SSSR count). The average Bonchev–Trinajstić information content (AvgIpc) is 2.45. The molecule has 1 saturated heterocycles. The van der Waals surface area contributed by atoms with Gasteiger partial charge in [0.05, 0.1) is 33.0 Å². The normalized spacial score (nSPS) is 18.4. The fourth-order valence-electron chi connectivity index (χ4n) is 1.54. The summed E-state index contributed by atoms with van der Waals surface area (Å²) in [5, 5.41) is 2.26. The summed E-state index contributed by atoms with van der Waals surface area (Å²) in [5.74, 6) is -2.34. The van der Waals surface area contributed by atoms with E-state index in [-0.39, 0.29) is 26.4 Å². The van der Waals surface area contributed by atoms with E-state index in [1.165, 1.54) is 0 Å². The number of ether oxygens (including phenoxy) is 4. The molecule has 0 radical (unpaired) electrons. The monoisotopic (exact) mass is 289 g/mol. The van der Waals surface area contributed by atoms with Gasteiger partial charge in [-0.25, -0.2) is 9.59 Å². The molecule has 114 valence electrons. The molecule has 1 atom stereocenters. The molecule has 8 nitrogen and oxygen atoms in total. The van der Waals surface area contributed by atoms with Gasteiger partial charge in [0.15, 0.2) is 6.10 Å². The SMILES string of the molecule is CCOC(=O)C(NC(=O)C1COCCO1)C(=O)OCC. The van der Waals surface area contributed by atoms with Crippen LogP contribution in [-0.2, 0) is 33.3 Å². The zero-order valence-electron chi connectivity index (χ0n) is 11.5. The Morgan fingerprint density at radius 2 is 1.75 bits per heavy atom. The van der Waals surface area contributed by atoms with Crippen molar-refractivity contribution < 1.29 is 33.3 Å². The molecule has 20 heavy (non-hydrogen) atoms. The van der Waals surface area contributed by atoms with Crippen LogP contribution in [0.3, 0.4) is 0 Å². The van der Waals surface area contributed by atoms with Gasteiger partial charge in [-0.3, -0.25) is 4.79 Å². The van der Waals surface area contributed by atoms with Crippen molar-refractivity contribution in [1.82, 2.24) is 5.32 Å². The molecule has 8 heteroatoms. The summed E-state index contributed by atoms with van der Waals surface area (Å²) in [4.78, 5) is 35.2. The molecule has 1 aliphatic heterocycles. The largest absolute Gasteiger partial charge is 0.464 e. The van der Waals surface area contributed by atoms with Gasteiger partial charge in [0.25, 0.3) is 5.91 Å². The number of rotatable bonds is 6. The second kappa shape index (κ2) is 8.49. The van der Waals surface area contributed by atoms with Gasteiger partial charge >= 0.3 is 11.9 Å². The standard InChI is InChI=1S/C12H19NO7/c1-3-18-11(15)9(12(16)19-4-2)13-10(14)8-7-17-5-6-20-8/h8-9H,3-7H2,1-2H3,(H,13,14). The van der Waals surface area contributed by atoms with E-state index in [2.05, 4.69) is 5.32 Å². The van der Waals surface area contributed by atoms with Crippen molar-refractivity contribution in [3.8, 4) is 0 Å². The lowest BCUT2D eigenvalue weighted by Gasteiger charge is -2.24. The molecular weight excluding hydrogens is 270 g/mol. The Morgan fingerprint density at radius 3 is 2.20 bits per heavy atom. The first-order chi connectivity index (χ1) is 9.60. The van der Waals surface area contributed by atoms with E-state index in [9.17, 15) is 14.4 Å². The molecule has 1 unspecified atom stereocenters. The van der Waals surface area contributed by atoms with E-state index < -0.39 is 30.0 Å². The van der Waals surface area contributed by atoms with Gasteiger partial charge in [-0.1, -0.05) is 0 Å². The third-order valence-corrected chi connectivity index (χ3v) is 2.44. The van der Waals surface area contributed by atoms with Crippen LogP contribution < -0.4 is 5.32 Å². The lowest BCUT2D eigenvalue weighted by atomic mass is 10.2.